The van der Waals surface area contributed by atoms with Gasteiger partial charge in [-0.2, -0.15) is 18.3 Å². The van der Waals surface area contributed by atoms with Crippen LogP contribution < -0.4 is 10.6 Å². The first kappa shape index (κ1) is 19.0. The number of amidine groups is 1. The van der Waals surface area contributed by atoms with E-state index < -0.39 is 28.8 Å². The molecule has 1 aromatic carbocycles. The number of rotatable bonds is 4. The van der Waals surface area contributed by atoms with Crippen LogP contribution in [0.5, 0.6) is 0 Å². The van der Waals surface area contributed by atoms with Crippen LogP contribution in [0.2, 0.25) is 0 Å². The van der Waals surface area contributed by atoms with Gasteiger partial charge in [0.1, 0.15) is 5.25 Å². The van der Waals surface area contributed by atoms with Gasteiger partial charge in [0.05, 0.1) is 5.56 Å². The number of carbonyl (C=O) groups excluding carboxylic acids is 2. The lowest BCUT2D eigenvalue weighted by Crippen LogP contribution is -2.28. The Bertz CT molecular complexity index is 743. The Morgan fingerprint density at radius 1 is 1.36 bits per heavy atom. The van der Waals surface area contributed by atoms with Crippen LogP contribution in [0.4, 0.5) is 18.9 Å². The molecule has 2 N–H and O–H groups in total. The highest BCUT2D eigenvalue weighted by Gasteiger charge is 2.33. The van der Waals surface area contributed by atoms with Gasteiger partial charge in [0.15, 0.2) is 5.17 Å². The van der Waals surface area contributed by atoms with E-state index in [0.29, 0.717) is 5.71 Å². The lowest BCUT2D eigenvalue weighted by molar-refractivity contribution is -0.137. The van der Waals surface area contributed by atoms with Gasteiger partial charge >= 0.3 is 6.18 Å². The maximum absolute atomic E-state index is 12.7. The maximum Gasteiger partial charge on any atom is 0.416 e. The van der Waals surface area contributed by atoms with Gasteiger partial charge in [-0.1, -0.05) is 17.8 Å². The lowest BCUT2D eigenvalue weighted by atomic mass is 10.2. The van der Waals surface area contributed by atoms with Crippen molar-refractivity contribution in [3.63, 3.8) is 0 Å². The molecule has 25 heavy (non-hydrogen) atoms. The number of thioether (sulfide) groups is 1. The minimum Gasteiger partial charge on any atom is -0.326 e. The molecule has 134 valence electrons. The van der Waals surface area contributed by atoms with Gasteiger partial charge < -0.3 is 10.6 Å². The summed E-state index contributed by atoms with van der Waals surface area (Å²) in [5.74, 6) is -0.963. The molecule has 0 aliphatic carbocycles. The second-order valence-corrected chi connectivity index (χ2v) is 6.57. The molecule has 10 heteroatoms. The van der Waals surface area contributed by atoms with E-state index in [1.807, 2.05) is 0 Å². The first-order valence-electron chi connectivity index (χ1n) is 7.18. The average Bonchev–Trinajstić information content (AvgIpc) is 2.84. The van der Waals surface area contributed by atoms with Crippen molar-refractivity contribution in [2.45, 2.75) is 31.7 Å². The minimum absolute atomic E-state index is 0.0170. The molecule has 1 heterocycles. The molecule has 2 rings (SSSR count). The molecule has 0 spiro atoms. The smallest absolute Gasteiger partial charge is 0.326 e. The molecular formula is C15H15F3N4O2S. The average molecular weight is 372 g/mol. The third kappa shape index (κ3) is 5.59. The fourth-order valence-electron chi connectivity index (χ4n) is 1.89. The number of amides is 2. The molecule has 6 nitrogen and oxygen atoms in total. The van der Waals surface area contributed by atoms with Crippen LogP contribution >= 0.6 is 11.8 Å². The zero-order valence-electron chi connectivity index (χ0n) is 13.3. The van der Waals surface area contributed by atoms with Crippen molar-refractivity contribution in [3.05, 3.63) is 29.8 Å². The highest BCUT2D eigenvalue weighted by molar-refractivity contribution is 8.15. The quantitative estimate of drug-likeness (QED) is 0.630. The molecule has 1 unspecified atom stereocenters. The molecule has 1 aromatic rings. The number of hydrogen-bond acceptors (Lipinski definition) is 5. The third-order valence-corrected chi connectivity index (χ3v) is 4.03. The molecule has 0 aromatic heterocycles. The molecule has 1 aliphatic rings. The summed E-state index contributed by atoms with van der Waals surface area (Å²) in [5.41, 5.74) is -0.142. The second-order valence-electron chi connectivity index (χ2n) is 5.38. The van der Waals surface area contributed by atoms with Gasteiger partial charge in [0.25, 0.3) is 0 Å². The fraction of sp³-hybridized carbons (Fsp3) is 0.333. The van der Waals surface area contributed by atoms with Crippen LogP contribution in [0.3, 0.4) is 0 Å². The van der Waals surface area contributed by atoms with Crippen LogP contribution in [-0.2, 0) is 15.8 Å². The molecule has 1 fully saturated rings. The van der Waals surface area contributed by atoms with E-state index in [2.05, 4.69) is 20.8 Å². The minimum atomic E-state index is -4.49. The lowest BCUT2D eigenvalue weighted by Gasteiger charge is -2.10. The summed E-state index contributed by atoms with van der Waals surface area (Å²) in [6, 6.07) is 4.30. The summed E-state index contributed by atoms with van der Waals surface area (Å²) in [6.07, 6.45) is -4.69. The number of halogens is 3. The number of nitrogens with zero attached hydrogens (tertiary/aromatic N) is 2. The Hall–Kier alpha value is -2.36. The molecule has 1 aliphatic heterocycles. The molecule has 0 bridgehead atoms. The molecular weight excluding hydrogens is 357 g/mol. The largest absolute Gasteiger partial charge is 0.416 e. The maximum atomic E-state index is 12.7. The van der Waals surface area contributed by atoms with Crippen molar-refractivity contribution in [1.82, 2.24) is 5.32 Å². The van der Waals surface area contributed by atoms with Crippen molar-refractivity contribution in [2.24, 2.45) is 10.2 Å². The van der Waals surface area contributed by atoms with E-state index in [9.17, 15) is 22.8 Å². The Morgan fingerprint density at radius 3 is 2.72 bits per heavy atom. The zero-order valence-corrected chi connectivity index (χ0v) is 14.2. The molecule has 1 saturated heterocycles. The van der Waals surface area contributed by atoms with E-state index in [4.69, 9.17) is 0 Å². The normalized spacial score (nSPS) is 18.8. The number of alkyl halides is 3. The number of anilines is 1. The van der Waals surface area contributed by atoms with Crippen molar-refractivity contribution in [1.29, 1.82) is 0 Å². The Balaban J connectivity index is 1.98. The van der Waals surface area contributed by atoms with Gasteiger partial charge in [0, 0.05) is 17.8 Å². The summed E-state index contributed by atoms with van der Waals surface area (Å²) >= 11 is 1.05. The Labute approximate surface area is 146 Å². The Morgan fingerprint density at radius 2 is 2.08 bits per heavy atom. The van der Waals surface area contributed by atoms with Crippen molar-refractivity contribution >= 4 is 40.1 Å². The highest BCUT2D eigenvalue weighted by Crippen LogP contribution is 2.31. The van der Waals surface area contributed by atoms with E-state index in [-0.39, 0.29) is 17.3 Å². The SMILES string of the molecule is CC(C)=NN=C1NC(=O)C(CC(=O)Nc2cccc(C(F)(F)F)c2)S1. The summed E-state index contributed by atoms with van der Waals surface area (Å²) in [5, 5.41) is 12.1. The fourth-order valence-corrected chi connectivity index (χ4v) is 2.80. The first-order chi connectivity index (χ1) is 11.6. The Kier molecular flexibility index (Phi) is 5.83. The van der Waals surface area contributed by atoms with Crippen LogP contribution in [0.15, 0.2) is 34.5 Å². The topological polar surface area (TPSA) is 82.9 Å². The molecule has 0 saturated carbocycles. The summed E-state index contributed by atoms with van der Waals surface area (Å²) < 4.78 is 38.0. The van der Waals surface area contributed by atoms with Gasteiger partial charge in [-0.3, -0.25) is 9.59 Å². The van der Waals surface area contributed by atoms with Gasteiger partial charge in [-0.15, -0.1) is 5.10 Å². The number of benzene rings is 1. The van der Waals surface area contributed by atoms with E-state index in [0.717, 1.165) is 23.9 Å². The third-order valence-electron chi connectivity index (χ3n) is 2.96. The number of hydrogen-bond donors (Lipinski definition) is 2. The predicted molar refractivity (Wildman–Crippen MR) is 90.4 cm³/mol. The van der Waals surface area contributed by atoms with E-state index >= 15 is 0 Å². The summed E-state index contributed by atoms with van der Waals surface area (Å²) in [4.78, 5) is 23.8. The second kappa shape index (κ2) is 7.68. The van der Waals surface area contributed by atoms with Crippen LogP contribution in [0.25, 0.3) is 0 Å². The van der Waals surface area contributed by atoms with Gasteiger partial charge in [-0.05, 0) is 32.0 Å². The highest BCUT2D eigenvalue weighted by atomic mass is 32.2. The molecule has 0 radical (unpaired) electrons. The molecule has 2 amide bonds. The van der Waals surface area contributed by atoms with Crippen molar-refractivity contribution in [3.8, 4) is 0 Å². The number of carbonyl (C=O) groups is 2. The van der Waals surface area contributed by atoms with Gasteiger partial charge in [0.2, 0.25) is 11.8 Å². The first-order valence-corrected chi connectivity index (χ1v) is 8.06. The van der Waals surface area contributed by atoms with Gasteiger partial charge in [-0.25, -0.2) is 0 Å². The standard InChI is InChI=1S/C15H15F3N4O2S/c1-8(2)21-22-14-20-13(24)11(25-14)7-12(23)19-10-5-3-4-9(6-10)15(16,17)18/h3-6,11H,7H2,1-2H3,(H,19,23)(H,20,22,24). The molecule has 1 atom stereocenters. The van der Waals surface area contributed by atoms with Crippen LogP contribution in [-0.4, -0.2) is 27.9 Å². The predicted octanol–water partition coefficient (Wildman–Crippen LogP) is 3.02. The number of nitrogens with one attached hydrogen (secondary N) is 2. The van der Waals surface area contributed by atoms with Crippen LogP contribution in [0.1, 0.15) is 25.8 Å². The monoisotopic (exact) mass is 372 g/mol. The van der Waals surface area contributed by atoms with Crippen LogP contribution in [0, 0.1) is 0 Å². The summed E-state index contributed by atoms with van der Waals surface area (Å²) in [6.45, 7) is 3.48. The van der Waals surface area contributed by atoms with E-state index in [1.54, 1.807) is 13.8 Å². The zero-order chi connectivity index (χ0) is 18.6. The van der Waals surface area contributed by atoms with E-state index in [1.165, 1.54) is 12.1 Å². The van der Waals surface area contributed by atoms with Crippen molar-refractivity contribution < 1.29 is 22.8 Å². The summed E-state index contributed by atoms with van der Waals surface area (Å²) in [7, 11) is 0. The van der Waals surface area contributed by atoms with Crippen molar-refractivity contribution in [2.75, 3.05) is 5.32 Å².